The number of benzene rings is 1. The van der Waals surface area contributed by atoms with Gasteiger partial charge in [0.05, 0.1) is 0 Å². The Balaban J connectivity index is 0. The van der Waals surface area contributed by atoms with Gasteiger partial charge in [0.25, 0.3) is 0 Å². The van der Waals surface area contributed by atoms with Gasteiger partial charge in [-0.05, 0) is 0 Å². The molecule has 0 heterocycles. The average Bonchev–Trinajstić information content (AvgIpc) is 1.72. The number of hydrogen-bond donors (Lipinski definition) is 0. The standard InChI is InChI=1S/C6H6.B.Na/c1-2-4-6-5-3-1;;/h1-6H;;. The third-order valence-electron chi connectivity index (χ3n) is 0.667. The van der Waals surface area contributed by atoms with Crippen molar-refractivity contribution < 1.29 is 0 Å². The van der Waals surface area contributed by atoms with Gasteiger partial charge in [-0.1, -0.05) is 36.4 Å². The van der Waals surface area contributed by atoms with E-state index in [1.165, 1.54) is 0 Å². The first-order chi connectivity index (χ1) is 3.00. The zero-order valence-corrected chi connectivity index (χ0v) is 7.04. The molecule has 0 saturated carbocycles. The Kier molecular flexibility index (Phi) is 10.1. The van der Waals surface area contributed by atoms with Gasteiger partial charge in [-0.3, -0.25) is 0 Å². The summed E-state index contributed by atoms with van der Waals surface area (Å²) >= 11 is 0. The van der Waals surface area contributed by atoms with Crippen molar-refractivity contribution >= 4 is 38.0 Å². The van der Waals surface area contributed by atoms with Crippen LogP contribution in [0.15, 0.2) is 36.4 Å². The van der Waals surface area contributed by atoms with Crippen LogP contribution >= 0.6 is 0 Å². The molecule has 0 aromatic heterocycles. The second-order valence-electron chi connectivity index (χ2n) is 1.15. The molecule has 1 rings (SSSR count). The van der Waals surface area contributed by atoms with Crippen molar-refractivity contribution in [2.45, 2.75) is 0 Å². The summed E-state index contributed by atoms with van der Waals surface area (Å²) in [6.45, 7) is 0. The minimum atomic E-state index is 0. The van der Waals surface area contributed by atoms with Crippen molar-refractivity contribution in [1.82, 2.24) is 0 Å². The molecule has 0 fully saturated rings. The summed E-state index contributed by atoms with van der Waals surface area (Å²) in [6, 6.07) is 12.0. The summed E-state index contributed by atoms with van der Waals surface area (Å²) in [5.74, 6) is 0. The summed E-state index contributed by atoms with van der Waals surface area (Å²) in [6.07, 6.45) is 0. The molecule has 0 spiro atoms. The molecule has 0 saturated heterocycles. The Morgan fingerprint density at radius 2 is 0.625 bits per heavy atom. The van der Waals surface area contributed by atoms with Crippen LogP contribution in [0.3, 0.4) is 0 Å². The van der Waals surface area contributed by atoms with Gasteiger partial charge < -0.3 is 0 Å². The monoisotopic (exact) mass is 112 g/mol. The van der Waals surface area contributed by atoms with Crippen molar-refractivity contribution in [3.05, 3.63) is 36.4 Å². The first-order valence-corrected chi connectivity index (χ1v) is 2.00. The van der Waals surface area contributed by atoms with Crippen molar-refractivity contribution in [3.8, 4) is 0 Å². The summed E-state index contributed by atoms with van der Waals surface area (Å²) in [5, 5.41) is 0. The van der Waals surface area contributed by atoms with Crippen molar-refractivity contribution in [2.24, 2.45) is 0 Å². The van der Waals surface area contributed by atoms with Gasteiger partial charge in [-0.25, -0.2) is 0 Å². The van der Waals surface area contributed by atoms with Crippen LogP contribution in [0.25, 0.3) is 0 Å². The molecular weight excluding hydrogens is 106 g/mol. The molecule has 0 N–H and O–H groups in total. The quantitative estimate of drug-likeness (QED) is 0.438. The molecule has 0 bridgehead atoms. The summed E-state index contributed by atoms with van der Waals surface area (Å²) in [4.78, 5) is 0. The van der Waals surface area contributed by atoms with E-state index in [0.29, 0.717) is 0 Å². The minimum Gasteiger partial charge on any atom is -0.0623 e. The molecule has 1 aromatic rings. The molecule has 0 nitrogen and oxygen atoms in total. The maximum atomic E-state index is 2.00. The Bertz CT molecular complexity index is 80.5. The largest absolute Gasteiger partial charge is 0.0623 e. The van der Waals surface area contributed by atoms with Gasteiger partial charge in [0.15, 0.2) is 0 Å². The Morgan fingerprint density at radius 3 is 0.750 bits per heavy atom. The van der Waals surface area contributed by atoms with E-state index in [-0.39, 0.29) is 38.0 Å². The predicted molar refractivity (Wildman–Crippen MR) is 38.0 cm³/mol. The van der Waals surface area contributed by atoms with E-state index in [2.05, 4.69) is 0 Å². The van der Waals surface area contributed by atoms with E-state index in [0.717, 1.165) is 0 Å². The first-order valence-electron chi connectivity index (χ1n) is 2.00. The van der Waals surface area contributed by atoms with E-state index in [1.807, 2.05) is 36.4 Å². The number of hydrogen-bond acceptors (Lipinski definition) is 0. The van der Waals surface area contributed by atoms with Crippen LogP contribution in [0.4, 0.5) is 0 Å². The van der Waals surface area contributed by atoms with Crippen LogP contribution in [0.2, 0.25) is 0 Å². The van der Waals surface area contributed by atoms with Crippen molar-refractivity contribution in [2.75, 3.05) is 0 Å². The number of rotatable bonds is 0. The van der Waals surface area contributed by atoms with Gasteiger partial charge >= 0.3 is 0 Å². The van der Waals surface area contributed by atoms with E-state index in [9.17, 15) is 0 Å². The molecule has 2 heteroatoms. The van der Waals surface area contributed by atoms with E-state index < -0.39 is 0 Å². The molecule has 34 valence electrons. The van der Waals surface area contributed by atoms with Crippen LogP contribution in [0.5, 0.6) is 0 Å². The van der Waals surface area contributed by atoms with Gasteiger partial charge in [0.2, 0.25) is 0 Å². The fourth-order valence-electron chi connectivity index (χ4n) is 0.385. The van der Waals surface area contributed by atoms with Crippen molar-refractivity contribution in [1.29, 1.82) is 0 Å². The smallest absolute Gasteiger partial charge is 0 e. The van der Waals surface area contributed by atoms with Gasteiger partial charge in [-0.2, -0.15) is 0 Å². The van der Waals surface area contributed by atoms with Crippen LogP contribution < -0.4 is 0 Å². The molecular formula is C6H6BNa. The minimum absolute atomic E-state index is 0. The molecule has 0 aliphatic rings. The Hall–Kier alpha value is 0.285. The first kappa shape index (κ1) is 11.1. The fourth-order valence-corrected chi connectivity index (χ4v) is 0.385. The second kappa shape index (κ2) is 7.28. The van der Waals surface area contributed by atoms with Gasteiger partial charge in [0, 0.05) is 38.0 Å². The fraction of sp³-hybridized carbons (Fsp3) is 0. The van der Waals surface area contributed by atoms with Crippen LogP contribution in [-0.2, 0) is 0 Å². The maximum Gasteiger partial charge on any atom is 0 e. The van der Waals surface area contributed by atoms with Gasteiger partial charge in [0.1, 0.15) is 0 Å². The van der Waals surface area contributed by atoms with Crippen LogP contribution in [-0.4, -0.2) is 38.0 Å². The third kappa shape index (κ3) is 4.44. The molecule has 0 unspecified atom stereocenters. The van der Waals surface area contributed by atoms with Crippen LogP contribution in [0, 0.1) is 0 Å². The second-order valence-corrected chi connectivity index (χ2v) is 1.15. The van der Waals surface area contributed by atoms with E-state index in [4.69, 9.17) is 0 Å². The average molecular weight is 112 g/mol. The van der Waals surface area contributed by atoms with E-state index in [1.54, 1.807) is 0 Å². The van der Waals surface area contributed by atoms with E-state index >= 15 is 0 Å². The summed E-state index contributed by atoms with van der Waals surface area (Å²) in [5.41, 5.74) is 0. The molecule has 1 aromatic carbocycles. The maximum absolute atomic E-state index is 2.00. The van der Waals surface area contributed by atoms with Crippen molar-refractivity contribution in [3.63, 3.8) is 0 Å². The van der Waals surface area contributed by atoms with Gasteiger partial charge in [-0.15, -0.1) is 0 Å². The Labute approximate surface area is 74.2 Å². The normalized spacial score (nSPS) is 6.00. The molecule has 0 aliphatic carbocycles. The SMILES string of the molecule is [B].[Na].c1ccccc1. The predicted octanol–water partition coefficient (Wildman–Crippen LogP) is 0.925. The zero-order chi connectivity index (χ0) is 4.24. The summed E-state index contributed by atoms with van der Waals surface area (Å²) < 4.78 is 0. The Morgan fingerprint density at radius 1 is 0.500 bits per heavy atom. The molecule has 0 atom stereocenters. The molecule has 0 aliphatic heterocycles. The molecule has 0 amide bonds. The summed E-state index contributed by atoms with van der Waals surface area (Å²) in [7, 11) is 0. The van der Waals surface area contributed by atoms with Crippen LogP contribution in [0.1, 0.15) is 0 Å². The molecule has 8 heavy (non-hydrogen) atoms. The molecule has 4 radical (unpaired) electrons. The topological polar surface area (TPSA) is 0 Å². The zero-order valence-electron chi connectivity index (χ0n) is 5.04. The third-order valence-corrected chi connectivity index (χ3v) is 0.667.